The molecule has 13 heavy (non-hydrogen) atoms. The van der Waals surface area contributed by atoms with E-state index in [1.54, 1.807) is 0 Å². The van der Waals surface area contributed by atoms with Crippen LogP contribution in [0.4, 0.5) is 0 Å². The Morgan fingerprint density at radius 2 is 2.00 bits per heavy atom. The highest BCUT2D eigenvalue weighted by atomic mass is 16.3. The molecule has 1 nitrogen and oxygen atoms in total. The molecule has 0 fully saturated rings. The highest BCUT2D eigenvalue weighted by Gasteiger charge is 2.11. The first-order valence-corrected chi connectivity index (χ1v) is 4.75. The maximum absolute atomic E-state index is 9.55. The van der Waals surface area contributed by atoms with Gasteiger partial charge < -0.3 is 5.11 Å². The van der Waals surface area contributed by atoms with E-state index >= 15 is 0 Å². The van der Waals surface area contributed by atoms with Crippen LogP contribution in [0.3, 0.4) is 0 Å². The summed E-state index contributed by atoms with van der Waals surface area (Å²) in [6.07, 6.45) is 1.77. The number of aliphatic hydroxyl groups is 1. The smallest absolute Gasteiger partial charge is 0.0594 e. The zero-order chi connectivity index (χ0) is 9.90. The summed E-state index contributed by atoms with van der Waals surface area (Å²) in [5.41, 5.74) is 2.04. The molecule has 72 valence electrons. The summed E-state index contributed by atoms with van der Waals surface area (Å²) in [5, 5.41) is 9.55. The second kappa shape index (κ2) is 3.93. The normalized spacial score (nSPS) is 11.7. The van der Waals surface area contributed by atoms with Crippen LogP contribution < -0.4 is 0 Å². The molecule has 1 aromatic rings. The predicted octanol–water partition coefficient (Wildman–Crippen LogP) is 2.70. The summed E-state index contributed by atoms with van der Waals surface area (Å²) in [5.74, 6) is 0. The van der Waals surface area contributed by atoms with Crippen molar-refractivity contribution in [3.8, 4) is 0 Å². The fourth-order valence-corrected chi connectivity index (χ4v) is 1.32. The number of hydrogen-bond acceptors (Lipinski definition) is 1. The number of rotatable bonds is 3. The minimum Gasteiger partial charge on any atom is -0.390 e. The monoisotopic (exact) mass is 178 g/mol. The van der Waals surface area contributed by atoms with Crippen LogP contribution in [0.5, 0.6) is 0 Å². The summed E-state index contributed by atoms with van der Waals surface area (Å²) >= 11 is 0. The molecule has 0 aliphatic heterocycles. The van der Waals surface area contributed by atoms with Gasteiger partial charge in [0, 0.05) is 0 Å². The van der Waals surface area contributed by atoms with Gasteiger partial charge >= 0.3 is 0 Å². The molecule has 0 unspecified atom stereocenters. The van der Waals surface area contributed by atoms with Crippen molar-refractivity contribution in [1.82, 2.24) is 0 Å². The maximum Gasteiger partial charge on any atom is 0.0594 e. The van der Waals surface area contributed by atoms with E-state index in [0.29, 0.717) is 0 Å². The lowest BCUT2D eigenvalue weighted by molar-refractivity contribution is 0.0714. The Bertz CT molecular complexity index is 271. The van der Waals surface area contributed by atoms with Crippen LogP contribution in [-0.4, -0.2) is 10.7 Å². The number of hydrogen-bond donors (Lipinski definition) is 1. The average molecular weight is 178 g/mol. The lowest BCUT2D eigenvalue weighted by atomic mass is 9.98. The van der Waals surface area contributed by atoms with Crippen LogP contribution in [0.25, 0.3) is 0 Å². The van der Waals surface area contributed by atoms with Crippen molar-refractivity contribution in [3.05, 3.63) is 35.4 Å². The molecule has 0 bridgehead atoms. The first-order valence-electron chi connectivity index (χ1n) is 4.75. The van der Waals surface area contributed by atoms with E-state index < -0.39 is 5.60 Å². The van der Waals surface area contributed by atoms with Crippen molar-refractivity contribution in [2.75, 3.05) is 0 Å². The molecule has 0 aliphatic carbocycles. The standard InChI is InChI=1S/C12H18O/c1-10-5-4-6-11(9-10)7-8-12(2,3)13/h4-6,9,13H,7-8H2,1-3H3. The molecule has 1 aromatic carbocycles. The third kappa shape index (κ3) is 4.09. The van der Waals surface area contributed by atoms with Gasteiger partial charge in [0.2, 0.25) is 0 Å². The minimum atomic E-state index is -0.552. The largest absolute Gasteiger partial charge is 0.390 e. The fourth-order valence-electron chi connectivity index (χ4n) is 1.32. The SMILES string of the molecule is Cc1cccc(CCC(C)(C)O)c1. The Morgan fingerprint density at radius 3 is 2.54 bits per heavy atom. The van der Waals surface area contributed by atoms with Crippen molar-refractivity contribution < 1.29 is 5.11 Å². The molecule has 1 rings (SSSR count). The van der Waals surface area contributed by atoms with Crippen molar-refractivity contribution in [3.63, 3.8) is 0 Å². The first kappa shape index (κ1) is 10.3. The van der Waals surface area contributed by atoms with Crippen molar-refractivity contribution in [2.24, 2.45) is 0 Å². The summed E-state index contributed by atoms with van der Waals surface area (Å²) < 4.78 is 0. The van der Waals surface area contributed by atoms with Gasteiger partial charge in [0.25, 0.3) is 0 Å². The average Bonchev–Trinajstić information content (AvgIpc) is 2.00. The Kier molecular flexibility index (Phi) is 3.10. The number of aryl methyl sites for hydroxylation is 2. The van der Waals surface area contributed by atoms with E-state index in [-0.39, 0.29) is 0 Å². The molecule has 0 aromatic heterocycles. The zero-order valence-corrected chi connectivity index (χ0v) is 8.67. The number of benzene rings is 1. The van der Waals surface area contributed by atoms with Gasteiger partial charge in [-0.1, -0.05) is 29.8 Å². The Morgan fingerprint density at radius 1 is 1.31 bits per heavy atom. The zero-order valence-electron chi connectivity index (χ0n) is 8.67. The summed E-state index contributed by atoms with van der Waals surface area (Å²) in [6.45, 7) is 5.79. The van der Waals surface area contributed by atoms with E-state index in [1.807, 2.05) is 13.8 Å². The molecule has 1 heteroatoms. The molecule has 0 radical (unpaired) electrons. The molecule has 1 N–H and O–H groups in total. The van der Waals surface area contributed by atoms with Gasteiger partial charge in [0.1, 0.15) is 0 Å². The van der Waals surface area contributed by atoms with Gasteiger partial charge in [0.15, 0.2) is 0 Å². The first-order chi connectivity index (χ1) is 5.97. The molecule has 0 atom stereocenters. The fraction of sp³-hybridized carbons (Fsp3) is 0.500. The second-order valence-corrected chi connectivity index (χ2v) is 4.30. The van der Waals surface area contributed by atoms with Gasteiger partial charge in [0.05, 0.1) is 5.60 Å². The second-order valence-electron chi connectivity index (χ2n) is 4.30. The van der Waals surface area contributed by atoms with E-state index in [1.165, 1.54) is 11.1 Å². The van der Waals surface area contributed by atoms with E-state index in [9.17, 15) is 5.11 Å². The summed E-state index contributed by atoms with van der Waals surface area (Å²) in [7, 11) is 0. The molecule has 0 aliphatic rings. The summed E-state index contributed by atoms with van der Waals surface area (Å²) in [6, 6.07) is 8.44. The van der Waals surface area contributed by atoms with E-state index in [0.717, 1.165) is 12.8 Å². The van der Waals surface area contributed by atoms with Gasteiger partial charge in [-0.2, -0.15) is 0 Å². The van der Waals surface area contributed by atoms with Crippen LogP contribution in [0.2, 0.25) is 0 Å². The van der Waals surface area contributed by atoms with Crippen LogP contribution in [-0.2, 0) is 6.42 Å². The molecular weight excluding hydrogens is 160 g/mol. The van der Waals surface area contributed by atoms with Crippen molar-refractivity contribution in [2.45, 2.75) is 39.2 Å². The molecule has 0 amide bonds. The van der Waals surface area contributed by atoms with Crippen LogP contribution in [0, 0.1) is 6.92 Å². The highest BCUT2D eigenvalue weighted by molar-refractivity contribution is 5.22. The molecule has 0 saturated heterocycles. The molecule has 0 heterocycles. The van der Waals surface area contributed by atoms with Gasteiger partial charge in [-0.3, -0.25) is 0 Å². The Labute approximate surface area is 80.4 Å². The lowest BCUT2D eigenvalue weighted by Crippen LogP contribution is -2.19. The lowest BCUT2D eigenvalue weighted by Gasteiger charge is -2.16. The van der Waals surface area contributed by atoms with Crippen LogP contribution >= 0.6 is 0 Å². The summed E-state index contributed by atoms with van der Waals surface area (Å²) in [4.78, 5) is 0. The van der Waals surface area contributed by atoms with Gasteiger partial charge in [-0.15, -0.1) is 0 Å². The molecular formula is C12H18O. The Hall–Kier alpha value is -0.820. The van der Waals surface area contributed by atoms with E-state index in [4.69, 9.17) is 0 Å². The quantitative estimate of drug-likeness (QED) is 0.754. The molecule has 0 saturated carbocycles. The Balaban J connectivity index is 2.55. The predicted molar refractivity (Wildman–Crippen MR) is 55.8 cm³/mol. The third-order valence-corrected chi connectivity index (χ3v) is 2.11. The van der Waals surface area contributed by atoms with Gasteiger partial charge in [-0.25, -0.2) is 0 Å². The van der Waals surface area contributed by atoms with Crippen LogP contribution in [0.15, 0.2) is 24.3 Å². The third-order valence-electron chi connectivity index (χ3n) is 2.11. The van der Waals surface area contributed by atoms with Crippen LogP contribution in [0.1, 0.15) is 31.4 Å². The maximum atomic E-state index is 9.55. The highest BCUT2D eigenvalue weighted by Crippen LogP contribution is 2.13. The van der Waals surface area contributed by atoms with Gasteiger partial charge in [-0.05, 0) is 39.2 Å². The van der Waals surface area contributed by atoms with E-state index in [2.05, 4.69) is 31.2 Å². The van der Waals surface area contributed by atoms with Crippen molar-refractivity contribution in [1.29, 1.82) is 0 Å². The topological polar surface area (TPSA) is 20.2 Å². The minimum absolute atomic E-state index is 0.552. The molecule has 0 spiro atoms. The van der Waals surface area contributed by atoms with Crippen molar-refractivity contribution >= 4 is 0 Å².